The third kappa shape index (κ3) is 2.94. The van der Waals surface area contributed by atoms with Gasteiger partial charge in [-0.05, 0) is 11.4 Å². The van der Waals surface area contributed by atoms with Crippen molar-refractivity contribution < 1.29 is 9.72 Å². The van der Waals surface area contributed by atoms with Crippen LogP contribution < -0.4 is 5.73 Å². The summed E-state index contributed by atoms with van der Waals surface area (Å²) in [6, 6.07) is 3.84. The molecule has 2 aromatic heterocycles. The highest BCUT2D eigenvalue weighted by Gasteiger charge is 2.20. The molecule has 8 nitrogen and oxygen atoms in total. The van der Waals surface area contributed by atoms with Crippen LogP contribution in [0.2, 0.25) is 0 Å². The molecule has 2 N–H and O–H groups in total. The zero-order valence-electron chi connectivity index (χ0n) is 10.7. The molecule has 0 saturated carbocycles. The van der Waals surface area contributed by atoms with E-state index in [0.29, 0.717) is 6.54 Å². The van der Waals surface area contributed by atoms with Crippen LogP contribution in [0, 0.1) is 10.1 Å². The van der Waals surface area contributed by atoms with Gasteiger partial charge in [0.25, 0.3) is 0 Å². The maximum atomic E-state index is 12.0. The molecule has 20 heavy (non-hydrogen) atoms. The fraction of sp³-hybridized carbons (Fsp3) is 0.273. The van der Waals surface area contributed by atoms with Crippen molar-refractivity contribution in [1.82, 2.24) is 14.7 Å². The Morgan fingerprint density at radius 3 is 2.95 bits per heavy atom. The van der Waals surface area contributed by atoms with Gasteiger partial charge in [-0.15, -0.1) is 11.3 Å². The van der Waals surface area contributed by atoms with Gasteiger partial charge in [-0.2, -0.15) is 5.10 Å². The molecule has 0 aliphatic heterocycles. The van der Waals surface area contributed by atoms with Crippen LogP contribution in [0.15, 0.2) is 23.7 Å². The minimum absolute atomic E-state index is 0.118. The number of rotatable bonds is 5. The van der Waals surface area contributed by atoms with E-state index in [1.165, 1.54) is 4.90 Å². The van der Waals surface area contributed by atoms with E-state index >= 15 is 0 Å². The van der Waals surface area contributed by atoms with Crippen molar-refractivity contribution >= 4 is 28.7 Å². The summed E-state index contributed by atoms with van der Waals surface area (Å²) in [4.78, 5) is 24.6. The molecule has 0 aliphatic rings. The van der Waals surface area contributed by atoms with Crippen molar-refractivity contribution in [3.63, 3.8) is 0 Å². The van der Waals surface area contributed by atoms with Crippen molar-refractivity contribution in [2.24, 2.45) is 0 Å². The third-order valence-electron chi connectivity index (χ3n) is 2.74. The van der Waals surface area contributed by atoms with Crippen molar-refractivity contribution in [3.05, 3.63) is 38.7 Å². The van der Waals surface area contributed by atoms with Crippen molar-refractivity contribution in [3.8, 4) is 0 Å². The number of hydrogen-bond acceptors (Lipinski definition) is 6. The lowest BCUT2D eigenvalue weighted by atomic mass is 10.4. The zero-order chi connectivity index (χ0) is 14.7. The second kappa shape index (κ2) is 5.70. The smallest absolute Gasteiger partial charge is 0.330 e. The van der Waals surface area contributed by atoms with Gasteiger partial charge in [0.1, 0.15) is 12.7 Å². The number of thiophene rings is 1. The van der Waals surface area contributed by atoms with Crippen LogP contribution in [0.4, 0.5) is 11.5 Å². The second-order valence-corrected chi connectivity index (χ2v) is 5.19. The predicted molar refractivity (Wildman–Crippen MR) is 74.1 cm³/mol. The first-order chi connectivity index (χ1) is 9.49. The first-order valence-corrected chi connectivity index (χ1v) is 6.59. The van der Waals surface area contributed by atoms with Crippen LogP contribution >= 0.6 is 11.3 Å². The summed E-state index contributed by atoms with van der Waals surface area (Å²) in [5, 5.41) is 16.3. The van der Waals surface area contributed by atoms with Gasteiger partial charge in [0.15, 0.2) is 0 Å². The number of likely N-dealkylation sites (N-methyl/N-ethyl adjacent to an activating group) is 1. The lowest BCUT2D eigenvalue weighted by Gasteiger charge is -2.16. The Kier molecular flexibility index (Phi) is 3.99. The van der Waals surface area contributed by atoms with Crippen LogP contribution in [0.1, 0.15) is 4.88 Å². The zero-order valence-corrected chi connectivity index (χ0v) is 11.5. The summed E-state index contributed by atoms with van der Waals surface area (Å²) in [5.41, 5.74) is 5.29. The first-order valence-electron chi connectivity index (χ1n) is 5.71. The normalized spacial score (nSPS) is 10.4. The number of nitrogens with two attached hydrogens (primary N) is 1. The number of hydrogen-bond donors (Lipinski definition) is 1. The summed E-state index contributed by atoms with van der Waals surface area (Å²) < 4.78 is 1.13. The summed E-state index contributed by atoms with van der Waals surface area (Å²) in [6.45, 7) is 0.362. The molecule has 2 rings (SSSR count). The topological polar surface area (TPSA) is 107 Å². The molecule has 0 fully saturated rings. The molecule has 0 aromatic carbocycles. The number of nitrogens with zero attached hydrogens (tertiary/aromatic N) is 4. The molecule has 1 amide bonds. The lowest BCUT2D eigenvalue weighted by molar-refractivity contribution is -0.384. The molecule has 2 aromatic rings. The van der Waals surface area contributed by atoms with E-state index in [4.69, 9.17) is 5.73 Å². The van der Waals surface area contributed by atoms with Crippen molar-refractivity contribution in [2.45, 2.75) is 13.1 Å². The van der Waals surface area contributed by atoms with Gasteiger partial charge >= 0.3 is 5.69 Å². The maximum Gasteiger partial charge on any atom is 0.330 e. The van der Waals surface area contributed by atoms with Gasteiger partial charge in [0.2, 0.25) is 11.7 Å². The van der Waals surface area contributed by atoms with Crippen LogP contribution in [0.3, 0.4) is 0 Å². The number of nitrogen functional groups attached to an aromatic ring is 1. The molecule has 9 heteroatoms. The Morgan fingerprint density at radius 2 is 2.40 bits per heavy atom. The van der Waals surface area contributed by atoms with Gasteiger partial charge in [-0.1, -0.05) is 6.07 Å². The number of anilines is 1. The third-order valence-corrected chi connectivity index (χ3v) is 3.60. The van der Waals surface area contributed by atoms with Crippen molar-refractivity contribution in [1.29, 1.82) is 0 Å². The largest absolute Gasteiger partial charge is 0.378 e. The molecule has 106 valence electrons. The van der Waals surface area contributed by atoms with E-state index < -0.39 is 4.92 Å². The number of aromatic nitrogens is 2. The molecule has 0 bridgehead atoms. The van der Waals surface area contributed by atoms with E-state index in [2.05, 4.69) is 5.10 Å². The average molecular weight is 295 g/mol. The Bertz CT molecular complexity index is 622. The van der Waals surface area contributed by atoms with E-state index in [1.54, 1.807) is 18.4 Å². The fourth-order valence-electron chi connectivity index (χ4n) is 1.62. The summed E-state index contributed by atoms with van der Waals surface area (Å²) in [6.07, 6.45) is 1.04. The van der Waals surface area contributed by atoms with Crippen LogP contribution in [0.25, 0.3) is 0 Å². The summed E-state index contributed by atoms with van der Waals surface area (Å²) in [5.74, 6) is -0.337. The van der Waals surface area contributed by atoms with Crippen LogP contribution in [0.5, 0.6) is 0 Å². The lowest BCUT2D eigenvalue weighted by Crippen LogP contribution is -2.30. The Hall–Kier alpha value is -2.42. The fourth-order valence-corrected chi connectivity index (χ4v) is 2.38. The van der Waals surface area contributed by atoms with Gasteiger partial charge in [0, 0.05) is 11.9 Å². The minimum Gasteiger partial charge on any atom is -0.378 e. The number of carbonyl (C=O) groups is 1. The molecule has 0 radical (unpaired) electrons. The number of carbonyl (C=O) groups excluding carboxylic acids is 1. The van der Waals surface area contributed by atoms with Crippen LogP contribution in [-0.4, -0.2) is 32.6 Å². The number of amides is 1. The van der Waals surface area contributed by atoms with Gasteiger partial charge in [-0.3, -0.25) is 14.9 Å². The molecular formula is C11H13N5O3S. The first kappa shape index (κ1) is 14.0. The molecule has 0 saturated heterocycles. The monoisotopic (exact) mass is 295 g/mol. The predicted octanol–water partition coefficient (Wildman–Crippen LogP) is 1.09. The summed E-state index contributed by atoms with van der Waals surface area (Å²) in [7, 11) is 1.66. The molecule has 0 aliphatic carbocycles. The molecule has 2 heterocycles. The van der Waals surface area contributed by atoms with E-state index in [1.807, 2.05) is 17.5 Å². The number of nitro groups is 1. The highest BCUT2D eigenvalue weighted by molar-refractivity contribution is 7.09. The molecule has 0 atom stereocenters. The highest BCUT2D eigenvalue weighted by atomic mass is 32.1. The standard InChI is InChI=1S/C11H13N5O3S/c1-14(6-8-3-2-4-20-8)10(17)7-15-11(12)9(5-13-15)16(18)19/h2-5H,6-7,12H2,1H3. The van der Waals surface area contributed by atoms with Gasteiger partial charge in [0.05, 0.1) is 11.5 Å². The summed E-state index contributed by atoms with van der Waals surface area (Å²) >= 11 is 1.56. The van der Waals surface area contributed by atoms with E-state index in [-0.39, 0.29) is 24.0 Å². The SMILES string of the molecule is CN(Cc1cccs1)C(=O)Cn1ncc([N+](=O)[O-])c1N. The minimum atomic E-state index is -0.626. The average Bonchev–Trinajstić information content (AvgIpc) is 3.00. The van der Waals surface area contributed by atoms with Gasteiger partial charge < -0.3 is 10.6 Å². The quantitative estimate of drug-likeness (QED) is 0.656. The van der Waals surface area contributed by atoms with Crippen molar-refractivity contribution in [2.75, 3.05) is 12.8 Å². The second-order valence-electron chi connectivity index (χ2n) is 4.16. The molecular weight excluding hydrogens is 282 g/mol. The highest BCUT2D eigenvalue weighted by Crippen LogP contribution is 2.19. The van der Waals surface area contributed by atoms with E-state index in [9.17, 15) is 14.9 Å². The Balaban J connectivity index is 2.02. The molecule has 0 spiro atoms. The van der Waals surface area contributed by atoms with E-state index in [0.717, 1.165) is 15.8 Å². The van der Waals surface area contributed by atoms with Gasteiger partial charge in [-0.25, -0.2) is 4.68 Å². The molecule has 0 unspecified atom stereocenters. The van der Waals surface area contributed by atoms with Crippen LogP contribution in [-0.2, 0) is 17.9 Å². The Labute approximate surface area is 118 Å². The Morgan fingerprint density at radius 1 is 1.65 bits per heavy atom. The maximum absolute atomic E-state index is 12.0.